The number of nitrogens with one attached hydrogen (secondary N) is 2. The van der Waals surface area contributed by atoms with Crippen LogP contribution in [0.4, 0.5) is 10.6 Å². The van der Waals surface area contributed by atoms with Gasteiger partial charge in [-0.3, -0.25) is 0 Å². The third-order valence-electron chi connectivity index (χ3n) is 5.25. The van der Waals surface area contributed by atoms with E-state index < -0.39 is 0 Å². The molecule has 3 heterocycles. The fraction of sp³-hybridized carbons (Fsp3) is 0.700. The van der Waals surface area contributed by atoms with Gasteiger partial charge in [-0.15, -0.1) is 0 Å². The Labute approximate surface area is 162 Å². The Morgan fingerprint density at radius 1 is 1.19 bits per heavy atom. The molecule has 7 heteroatoms. The first-order valence-electron chi connectivity index (χ1n) is 10.2. The van der Waals surface area contributed by atoms with E-state index in [2.05, 4.69) is 32.3 Å². The number of ether oxygens (including phenoxy) is 1. The summed E-state index contributed by atoms with van der Waals surface area (Å²) in [5.74, 6) is 1.40. The van der Waals surface area contributed by atoms with Crippen LogP contribution in [0, 0.1) is 5.92 Å². The second kappa shape index (κ2) is 10.5. The molecule has 7 nitrogen and oxygen atoms in total. The van der Waals surface area contributed by atoms with Crippen molar-refractivity contribution in [3.63, 3.8) is 0 Å². The number of amides is 2. The van der Waals surface area contributed by atoms with E-state index >= 15 is 0 Å². The lowest BCUT2D eigenvalue weighted by Gasteiger charge is -2.29. The zero-order valence-corrected chi connectivity index (χ0v) is 16.5. The van der Waals surface area contributed by atoms with E-state index in [9.17, 15) is 4.79 Å². The summed E-state index contributed by atoms with van der Waals surface area (Å²) >= 11 is 0. The Morgan fingerprint density at radius 2 is 1.96 bits per heavy atom. The van der Waals surface area contributed by atoms with E-state index in [1.165, 1.54) is 32.4 Å². The highest BCUT2D eigenvalue weighted by atomic mass is 16.5. The van der Waals surface area contributed by atoms with Crippen molar-refractivity contribution in [2.45, 2.75) is 32.7 Å². The van der Waals surface area contributed by atoms with Crippen LogP contribution in [0.5, 0.6) is 0 Å². The van der Waals surface area contributed by atoms with Gasteiger partial charge in [-0.05, 0) is 37.9 Å². The van der Waals surface area contributed by atoms with Gasteiger partial charge in [-0.25, -0.2) is 9.78 Å². The number of piperidine rings is 1. The summed E-state index contributed by atoms with van der Waals surface area (Å²) in [6, 6.07) is 3.83. The smallest absolute Gasteiger partial charge is 0.315 e. The van der Waals surface area contributed by atoms with Gasteiger partial charge in [0.05, 0.1) is 13.2 Å². The van der Waals surface area contributed by atoms with Crippen molar-refractivity contribution in [3.8, 4) is 0 Å². The molecular formula is C20H33N5O2. The highest BCUT2D eigenvalue weighted by Gasteiger charge is 2.17. The summed E-state index contributed by atoms with van der Waals surface area (Å²) in [5, 5.41) is 5.99. The molecule has 0 spiro atoms. The van der Waals surface area contributed by atoms with Crippen LogP contribution in [0.2, 0.25) is 0 Å². The molecule has 0 saturated carbocycles. The van der Waals surface area contributed by atoms with E-state index in [-0.39, 0.29) is 6.03 Å². The predicted molar refractivity (Wildman–Crippen MR) is 107 cm³/mol. The number of carbonyl (C=O) groups excluding carboxylic acids is 1. The summed E-state index contributed by atoms with van der Waals surface area (Å²) < 4.78 is 5.42. The summed E-state index contributed by atoms with van der Waals surface area (Å²) in [4.78, 5) is 21.5. The second-order valence-corrected chi connectivity index (χ2v) is 7.62. The van der Waals surface area contributed by atoms with E-state index in [1.54, 1.807) is 6.20 Å². The molecule has 27 heavy (non-hydrogen) atoms. The Bertz CT molecular complexity index is 585. The molecule has 1 atom stereocenters. The van der Waals surface area contributed by atoms with Gasteiger partial charge in [0, 0.05) is 44.5 Å². The third-order valence-corrected chi connectivity index (χ3v) is 5.25. The predicted octanol–water partition coefficient (Wildman–Crippen LogP) is 1.84. The van der Waals surface area contributed by atoms with Crippen LogP contribution in [0.25, 0.3) is 0 Å². The van der Waals surface area contributed by atoms with Crippen LogP contribution in [-0.4, -0.2) is 68.4 Å². The van der Waals surface area contributed by atoms with Crippen molar-refractivity contribution in [1.29, 1.82) is 0 Å². The number of nitrogens with zero attached hydrogens (tertiary/aromatic N) is 3. The molecule has 0 radical (unpaired) electrons. The van der Waals surface area contributed by atoms with Gasteiger partial charge in [-0.2, -0.15) is 0 Å². The van der Waals surface area contributed by atoms with Crippen LogP contribution in [0.15, 0.2) is 18.3 Å². The van der Waals surface area contributed by atoms with Crippen LogP contribution in [0.1, 0.15) is 31.7 Å². The topological polar surface area (TPSA) is 69.7 Å². The largest absolute Gasteiger partial charge is 0.378 e. The van der Waals surface area contributed by atoms with Crippen LogP contribution in [-0.2, 0) is 11.3 Å². The molecule has 0 aliphatic carbocycles. The molecule has 0 aromatic carbocycles. The van der Waals surface area contributed by atoms with Crippen molar-refractivity contribution >= 4 is 11.8 Å². The first-order valence-corrected chi connectivity index (χ1v) is 10.2. The number of aromatic nitrogens is 1. The molecule has 0 bridgehead atoms. The number of hydrogen-bond acceptors (Lipinski definition) is 5. The number of anilines is 1. The van der Waals surface area contributed by atoms with Crippen LogP contribution in [0.3, 0.4) is 0 Å². The molecule has 3 rings (SSSR count). The summed E-state index contributed by atoms with van der Waals surface area (Å²) in [7, 11) is 0. The number of morpholine rings is 1. The molecule has 1 aromatic rings. The molecular weight excluding hydrogens is 342 g/mol. The van der Waals surface area contributed by atoms with Gasteiger partial charge in [0.1, 0.15) is 5.82 Å². The molecule has 2 saturated heterocycles. The highest BCUT2D eigenvalue weighted by molar-refractivity contribution is 5.74. The zero-order chi connectivity index (χ0) is 18.9. The third kappa shape index (κ3) is 6.36. The molecule has 2 N–H and O–H groups in total. The first-order chi connectivity index (χ1) is 13.2. The molecule has 2 aliphatic rings. The van der Waals surface area contributed by atoms with Crippen molar-refractivity contribution in [2.75, 3.05) is 57.4 Å². The number of pyridine rings is 1. The van der Waals surface area contributed by atoms with Gasteiger partial charge in [0.25, 0.3) is 0 Å². The number of likely N-dealkylation sites (tertiary alicyclic amines) is 1. The van der Waals surface area contributed by atoms with Crippen molar-refractivity contribution in [2.24, 2.45) is 5.92 Å². The maximum Gasteiger partial charge on any atom is 0.315 e. The Hall–Kier alpha value is -1.86. The monoisotopic (exact) mass is 375 g/mol. The van der Waals surface area contributed by atoms with Gasteiger partial charge in [0.2, 0.25) is 0 Å². The molecule has 2 fully saturated rings. The molecule has 2 amide bonds. The summed E-state index contributed by atoms with van der Waals surface area (Å²) in [6.07, 6.45) is 5.76. The maximum absolute atomic E-state index is 12.2. The number of hydrogen-bond donors (Lipinski definition) is 2. The van der Waals surface area contributed by atoms with Crippen molar-refractivity contribution in [1.82, 2.24) is 20.5 Å². The highest BCUT2D eigenvalue weighted by Crippen LogP contribution is 2.18. The van der Waals surface area contributed by atoms with E-state index in [1.807, 2.05) is 12.1 Å². The SMILES string of the molecule is CC(CNC(=O)NCc1cccnc1N1CCOCC1)CN1CCCCC1. The van der Waals surface area contributed by atoms with Gasteiger partial charge in [-0.1, -0.05) is 19.4 Å². The minimum absolute atomic E-state index is 0.114. The second-order valence-electron chi connectivity index (χ2n) is 7.62. The summed E-state index contributed by atoms with van der Waals surface area (Å²) in [5.41, 5.74) is 1.04. The quantitative estimate of drug-likeness (QED) is 0.761. The lowest BCUT2D eigenvalue weighted by Crippen LogP contribution is -2.41. The fourth-order valence-electron chi connectivity index (χ4n) is 3.78. The van der Waals surface area contributed by atoms with E-state index in [0.29, 0.717) is 19.0 Å². The molecule has 1 aromatic heterocycles. The lowest BCUT2D eigenvalue weighted by atomic mass is 10.1. The lowest BCUT2D eigenvalue weighted by molar-refractivity contribution is 0.122. The number of rotatable bonds is 7. The minimum Gasteiger partial charge on any atom is -0.378 e. The van der Waals surface area contributed by atoms with Crippen molar-refractivity contribution in [3.05, 3.63) is 23.9 Å². The number of carbonyl (C=O) groups is 1. The molecule has 1 unspecified atom stereocenters. The normalized spacial score (nSPS) is 19.5. The average Bonchev–Trinajstić information content (AvgIpc) is 2.72. The van der Waals surface area contributed by atoms with Crippen molar-refractivity contribution < 1.29 is 9.53 Å². The Kier molecular flexibility index (Phi) is 7.71. The zero-order valence-electron chi connectivity index (χ0n) is 16.5. The number of urea groups is 1. The minimum atomic E-state index is -0.114. The fourth-order valence-corrected chi connectivity index (χ4v) is 3.78. The van der Waals surface area contributed by atoms with Crippen LogP contribution >= 0.6 is 0 Å². The average molecular weight is 376 g/mol. The van der Waals surface area contributed by atoms with E-state index in [0.717, 1.165) is 44.2 Å². The van der Waals surface area contributed by atoms with Crippen LogP contribution < -0.4 is 15.5 Å². The van der Waals surface area contributed by atoms with Gasteiger partial charge < -0.3 is 25.2 Å². The first kappa shape index (κ1) is 19.9. The van der Waals surface area contributed by atoms with E-state index in [4.69, 9.17) is 4.74 Å². The molecule has 150 valence electrons. The maximum atomic E-state index is 12.2. The Morgan fingerprint density at radius 3 is 2.74 bits per heavy atom. The summed E-state index contributed by atoms with van der Waals surface area (Å²) in [6.45, 7) is 9.95. The standard InChI is InChI=1S/C20H33N5O2/c1-17(16-24-8-3-2-4-9-24)14-22-20(26)23-15-18-6-5-7-21-19(18)25-10-12-27-13-11-25/h5-7,17H,2-4,8-16H2,1H3,(H2,22,23,26). The van der Waals surface area contributed by atoms with Gasteiger partial charge in [0.15, 0.2) is 0 Å². The Balaban J connectivity index is 1.41. The molecule has 2 aliphatic heterocycles. The van der Waals surface area contributed by atoms with Gasteiger partial charge >= 0.3 is 6.03 Å².